The molecule has 1 aliphatic heterocycles. The molecule has 3 rings (SSSR count). The Morgan fingerprint density at radius 1 is 1.28 bits per heavy atom. The van der Waals surface area contributed by atoms with Crippen molar-refractivity contribution < 1.29 is 19.4 Å². The number of carbonyl (C=O) groups is 2. The lowest BCUT2D eigenvalue weighted by atomic mass is 9.95. The average Bonchev–Trinajstić information content (AvgIpc) is 2.97. The monoisotopic (exact) mass is 395 g/mol. The number of methoxy groups -OCH3 is 1. The molecule has 2 aromatic rings. The van der Waals surface area contributed by atoms with E-state index in [0.29, 0.717) is 30.0 Å². The zero-order chi connectivity index (χ0) is 21.1. The predicted octanol–water partition coefficient (Wildman–Crippen LogP) is 2.38. The molecule has 0 spiro atoms. The van der Waals surface area contributed by atoms with Crippen molar-refractivity contribution in [1.82, 2.24) is 14.8 Å². The molecule has 29 heavy (non-hydrogen) atoms. The average molecular weight is 395 g/mol. The Morgan fingerprint density at radius 3 is 2.62 bits per heavy atom. The number of nitrogens with zero attached hydrogens (tertiary/aromatic N) is 3. The van der Waals surface area contributed by atoms with Crippen LogP contribution in [0.5, 0.6) is 5.75 Å². The molecule has 1 fully saturated rings. The summed E-state index contributed by atoms with van der Waals surface area (Å²) in [5.41, 5.74) is 2.03. The Balaban J connectivity index is 2.13. The van der Waals surface area contributed by atoms with Crippen molar-refractivity contribution in [3.05, 3.63) is 65.0 Å². The maximum atomic E-state index is 12.9. The van der Waals surface area contributed by atoms with Gasteiger partial charge in [0.2, 0.25) is 0 Å². The van der Waals surface area contributed by atoms with Gasteiger partial charge < -0.3 is 19.6 Å². The summed E-state index contributed by atoms with van der Waals surface area (Å²) < 4.78 is 5.27. The fraction of sp³-hybridized carbons (Fsp3) is 0.318. The summed E-state index contributed by atoms with van der Waals surface area (Å²) in [7, 11) is 5.37. The highest BCUT2D eigenvalue weighted by atomic mass is 16.5. The highest BCUT2D eigenvalue weighted by molar-refractivity contribution is 6.46. The van der Waals surface area contributed by atoms with Crippen LogP contribution in [0, 0.1) is 6.92 Å². The van der Waals surface area contributed by atoms with Gasteiger partial charge in [-0.2, -0.15) is 0 Å². The molecule has 1 N–H and O–H groups in total. The van der Waals surface area contributed by atoms with E-state index in [1.54, 1.807) is 49.8 Å². The molecule has 1 saturated heterocycles. The van der Waals surface area contributed by atoms with Crippen molar-refractivity contribution in [2.75, 3.05) is 34.3 Å². The summed E-state index contributed by atoms with van der Waals surface area (Å²) in [6, 6.07) is 8.01. The van der Waals surface area contributed by atoms with Crippen molar-refractivity contribution in [3.63, 3.8) is 0 Å². The van der Waals surface area contributed by atoms with Crippen LogP contribution in [0.3, 0.4) is 0 Å². The molecule has 1 amide bonds. The number of hydrogen-bond donors (Lipinski definition) is 1. The van der Waals surface area contributed by atoms with E-state index in [0.717, 1.165) is 5.56 Å². The van der Waals surface area contributed by atoms with Crippen LogP contribution in [0.15, 0.2) is 48.3 Å². The maximum absolute atomic E-state index is 12.9. The summed E-state index contributed by atoms with van der Waals surface area (Å²) in [5, 5.41) is 11.0. The molecule has 7 nitrogen and oxygen atoms in total. The van der Waals surface area contributed by atoms with Crippen LogP contribution in [-0.4, -0.2) is 65.9 Å². The van der Waals surface area contributed by atoms with Crippen LogP contribution >= 0.6 is 0 Å². The number of pyridine rings is 1. The topological polar surface area (TPSA) is 83.0 Å². The lowest BCUT2D eigenvalue weighted by Crippen LogP contribution is -2.35. The third kappa shape index (κ3) is 4.00. The Kier molecular flexibility index (Phi) is 5.98. The van der Waals surface area contributed by atoms with Gasteiger partial charge >= 0.3 is 0 Å². The van der Waals surface area contributed by atoms with E-state index in [1.165, 1.54) is 4.90 Å². The zero-order valence-corrected chi connectivity index (χ0v) is 17.0. The second-order valence-electron chi connectivity index (χ2n) is 7.27. The number of hydrogen-bond acceptors (Lipinski definition) is 6. The highest BCUT2D eigenvalue weighted by Gasteiger charge is 2.46. The van der Waals surface area contributed by atoms with Crippen molar-refractivity contribution in [1.29, 1.82) is 0 Å². The Morgan fingerprint density at radius 2 is 2.03 bits per heavy atom. The van der Waals surface area contributed by atoms with Crippen LogP contribution < -0.4 is 4.74 Å². The largest absolute Gasteiger partial charge is 0.507 e. The van der Waals surface area contributed by atoms with Crippen molar-refractivity contribution in [2.24, 2.45) is 0 Å². The Bertz CT molecular complexity index is 954. The molecule has 1 aromatic carbocycles. The number of aryl methyl sites for hydroxylation is 1. The summed E-state index contributed by atoms with van der Waals surface area (Å²) in [4.78, 5) is 33.3. The second-order valence-corrected chi connectivity index (χ2v) is 7.27. The fourth-order valence-electron chi connectivity index (χ4n) is 3.48. The molecule has 7 heteroatoms. The molecule has 1 atom stereocenters. The Labute approximate surface area is 170 Å². The van der Waals surface area contributed by atoms with Gasteiger partial charge in [-0.3, -0.25) is 14.6 Å². The first-order valence-electron chi connectivity index (χ1n) is 9.33. The number of ether oxygens (including phenoxy) is 1. The van der Waals surface area contributed by atoms with E-state index in [-0.39, 0.29) is 11.3 Å². The first kappa shape index (κ1) is 20.5. The quantitative estimate of drug-likeness (QED) is 0.459. The molecule has 0 saturated carbocycles. The van der Waals surface area contributed by atoms with E-state index in [2.05, 4.69) is 4.98 Å². The summed E-state index contributed by atoms with van der Waals surface area (Å²) in [6.45, 7) is 2.80. The van der Waals surface area contributed by atoms with Crippen molar-refractivity contribution in [2.45, 2.75) is 13.0 Å². The number of Topliss-reactive ketones (excluding diaryl/α,β-unsaturated/α-hetero) is 1. The molecule has 152 valence electrons. The summed E-state index contributed by atoms with van der Waals surface area (Å²) in [5.74, 6) is -0.830. The third-order valence-corrected chi connectivity index (χ3v) is 5.00. The fourth-order valence-corrected chi connectivity index (χ4v) is 3.48. The summed E-state index contributed by atoms with van der Waals surface area (Å²) in [6.07, 6.45) is 3.24. The van der Waals surface area contributed by atoms with Gasteiger partial charge in [-0.15, -0.1) is 0 Å². The molecular weight excluding hydrogens is 370 g/mol. The molecule has 0 aliphatic carbocycles. The van der Waals surface area contributed by atoms with Gasteiger partial charge in [0, 0.05) is 31.0 Å². The molecule has 2 heterocycles. The number of ketones is 1. The molecule has 1 aromatic heterocycles. The number of rotatable bonds is 6. The number of benzene rings is 1. The van der Waals surface area contributed by atoms with Gasteiger partial charge in [0.1, 0.15) is 11.5 Å². The molecule has 0 bridgehead atoms. The van der Waals surface area contributed by atoms with Crippen molar-refractivity contribution >= 4 is 17.4 Å². The van der Waals surface area contributed by atoms with Gasteiger partial charge in [-0.05, 0) is 56.4 Å². The zero-order valence-electron chi connectivity index (χ0n) is 17.0. The normalized spacial score (nSPS) is 18.5. The lowest BCUT2D eigenvalue weighted by Gasteiger charge is -2.26. The van der Waals surface area contributed by atoms with Gasteiger partial charge in [0.05, 0.1) is 18.7 Å². The number of aliphatic hydroxyl groups excluding tert-OH is 1. The second kappa shape index (κ2) is 8.45. The Hall–Kier alpha value is -3.19. The summed E-state index contributed by atoms with van der Waals surface area (Å²) >= 11 is 0. The number of likely N-dealkylation sites (tertiary alicyclic amines) is 1. The van der Waals surface area contributed by atoms with Crippen LogP contribution in [0.25, 0.3) is 5.76 Å². The van der Waals surface area contributed by atoms with E-state index in [4.69, 9.17) is 4.74 Å². The van der Waals surface area contributed by atoms with Crippen molar-refractivity contribution in [3.8, 4) is 5.75 Å². The van der Waals surface area contributed by atoms with Gasteiger partial charge in [0.25, 0.3) is 11.7 Å². The van der Waals surface area contributed by atoms with Crippen LogP contribution in [0.1, 0.15) is 22.7 Å². The number of aliphatic hydroxyl groups is 1. The predicted molar refractivity (Wildman–Crippen MR) is 110 cm³/mol. The number of carbonyl (C=O) groups excluding carboxylic acids is 2. The molecule has 0 unspecified atom stereocenters. The highest BCUT2D eigenvalue weighted by Crippen LogP contribution is 2.39. The minimum Gasteiger partial charge on any atom is -0.507 e. The van der Waals surface area contributed by atoms with E-state index < -0.39 is 17.7 Å². The first-order valence-corrected chi connectivity index (χ1v) is 9.33. The van der Waals surface area contributed by atoms with E-state index in [1.807, 2.05) is 25.9 Å². The van der Waals surface area contributed by atoms with Gasteiger partial charge in [-0.25, -0.2) is 0 Å². The van der Waals surface area contributed by atoms with Crippen LogP contribution in [0.2, 0.25) is 0 Å². The SMILES string of the molecule is COc1ccc(/C(O)=C2\C(=O)C(=O)N(CCN(C)C)[C@H]2c2cccnc2)cc1C. The maximum Gasteiger partial charge on any atom is 0.295 e. The van der Waals surface area contributed by atoms with E-state index in [9.17, 15) is 14.7 Å². The molecular formula is C22H25N3O4. The molecule has 0 radical (unpaired) electrons. The third-order valence-electron chi connectivity index (χ3n) is 5.00. The van der Waals surface area contributed by atoms with Gasteiger partial charge in [0.15, 0.2) is 0 Å². The lowest BCUT2D eigenvalue weighted by molar-refractivity contribution is -0.140. The minimum absolute atomic E-state index is 0.0753. The standard InChI is InChI=1S/C22H25N3O4/c1-14-12-15(7-8-17(14)29-4)20(26)18-19(16-6-5-9-23-13-16)25(11-10-24(2)3)22(28)21(18)27/h5-9,12-13,19,26H,10-11H2,1-4H3/b20-18+/t19-/m0/s1. The van der Waals surface area contributed by atoms with Gasteiger partial charge in [-0.1, -0.05) is 6.07 Å². The minimum atomic E-state index is -0.691. The van der Waals surface area contributed by atoms with Crippen LogP contribution in [0.4, 0.5) is 0 Å². The number of aromatic nitrogens is 1. The molecule has 1 aliphatic rings. The number of amides is 1. The van der Waals surface area contributed by atoms with E-state index >= 15 is 0 Å². The first-order chi connectivity index (χ1) is 13.8. The van der Waals surface area contributed by atoms with Crippen LogP contribution in [-0.2, 0) is 9.59 Å². The smallest absolute Gasteiger partial charge is 0.295 e. The number of likely N-dealkylation sites (N-methyl/N-ethyl adjacent to an activating group) is 1.